The number of benzene rings is 2. The smallest absolute Gasteiger partial charge is 0.129 e. The second-order valence-electron chi connectivity index (χ2n) is 7.58. The Morgan fingerprint density at radius 3 is 2.45 bits per heavy atom. The molecule has 6 heteroatoms. The van der Waals surface area contributed by atoms with Crippen LogP contribution in [-0.4, -0.2) is 61.4 Å². The molecule has 0 bridgehead atoms. The summed E-state index contributed by atoms with van der Waals surface area (Å²) in [6, 6.07) is 11.0. The van der Waals surface area contributed by atoms with Gasteiger partial charge in [-0.15, -0.1) is 0 Å². The Labute approximate surface area is 172 Å². The highest BCUT2D eigenvalue weighted by Gasteiger charge is 2.27. The second-order valence-corrected chi connectivity index (χ2v) is 7.58. The van der Waals surface area contributed by atoms with E-state index in [1.165, 1.54) is 12.1 Å². The zero-order valence-corrected chi connectivity index (χ0v) is 17.5. The molecule has 0 radical (unpaired) electrons. The molecule has 0 saturated carbocycles. The quantitative estimate of drug-likeness (QED) is 0.735. The average molecular weight is 403 g/mol. The van der Waals surface area contributed by atoms with Gasteiger partial charge in [0.25, 0.3) is 0 Å². The number of piperazine rings is 1. The van der Waals surface area contributed by atoms with E-state index in [2.05, 4.69) is 15.9 Å². The lowest BCUT2D eigenvalue weighted by molar-refractivity contribution is 0.0496. The van der Waals surface area contributed by atoms with Crippen LogP contribution in [0.5, 0.6) is 11.5 Å². The maximum absolute atomic E-state index is 13.2. The minimum absolute atomic E-state index is 0.156. The first kappa shape index (κ1) is 21.6. The summed E-state index contributed by atoms with van der Waals surface area (Å²) in [6.45, 7) is 6.43. The van der Waals surface area contributed by atoms with Gasteiger partial charge in [-0.25, -0.2) is 4.39 Å². The van der Waals surface area contributed by atoms with Crippen LogP contribution in [0.25, 0.3) is 0 Å². The van der Waals surface area contributed by atoms with Gasteiger partial charge in [0.1, 0.15) is 17.3 Å². The molecule has 29 heavy (non-hydrogen) atoms. The summed E-state index contributed by atoms with van der Waals surface area (Å²) in [6.07, 6.45) is 0.719. The van der Waals surface area contributed by atoms with Gasteiger partial charge < -0.3 is 14.6 Å². The van der Waals surface area contributed by atoms with Crippen molar-refractivity contribution >= 4 is 0 Å². The van der Waals surface area contributed by atoms with Crippen LogP contribution in [0.15, 0.2) is 36.4 Å². The zero-order valence-electron chi connectivity index (χ0n) is 17.5. The van der Waals surface area contributed by atoms with Crippen LogP contribution in [0.3, 0.4) is 0 Å². The van der Waals surface area contributed by atoms with Gasteiger partial charge in [-0.2, -0.15) is 0 Å². The van der Waals surface area contributed by atoms with Gasteiger partial charge in [0.2, 0.25) is 0 Å². The fourth-order valence-corrected chi connectivity index (χ4v) is 4.16. The molecule has 1 saturated heterocycles. The van der Waals surface area contributed by atoms with Crippen LogP contribution in [-0.2, 0) is 13.1 Å². The van der Waals surface area contributed by atoms with E-state index in [-0.39, 0.29) is 18.5 Å². The number of hydrogen-bond acceptors (Lipinski definition) is 5. The van der Waals surface area contributed by atoms with Crippen molar-refractivity contribution < 1.29 is 19.0 Å². The number of hydrogen-bond donors (Lipinski definition) is 1. The third-order valence-corrected chi connectivity index (χ3v) is 5.71. The number of halogens is 1. The van der Waals surface area contributed by atoms with Crippen molar-refractivity contribution in [3.05, 3.63) is 58.9 Å². The van der Waals surface area contributed by atoms with E-state index in [0.29, 0.717) is 0 Å². The van der Waals surface area contributed by atoms with Crippen LogP contribution in [0.4, 0.5) is 4.39 Å². The number of nitrogens with zero attached hydrogens (tertiary/aromatic N) is 2. The Morgan fingerprint density at radius 2 is 1.79 bits per heavy atom. The summed E-state index contributed by atoms with van der Waals surface area (Å²) in [5, 5.41) is 9.56. The van der Waals surface area contributed by atoms with E-state index in [1.54, 1.807) is 14.2 Å². The third-order valence-electron chi connectivity index (χ3n) is 5.71. The Hall–Kier alpha value is -2.15. The molecule has 0 aromatic heterocycles. The van der Waals surface area contributed by atoms with Crippen LogP contribution in [0, 0.1) is 12.7 Å². The van der Waals surface area contributed by atoms with Crippen molar-refractivity contribution in [2.24, 2.45) is 0 Å². The molecule has 1 aliphatic heterocycles. The normalized spacial score (nSPS) is 18.0. The Bertz CT molecular complexity index is 797. The average Bonchev–Trinajstić information content (AvgIpc) is 2.72. The van der Waals surface area contributed by atoms with Gasteiger partial charge in [0.15, 0.2) is 0 Å². The number of rotatable bonds is 8. The largest absolute Gasteiger partial charge is 0.496 e. The molecule has 0 unspecified atom stereocenters. The number of aliphatic hydroxyl groups is 1. The highest BCUT2D eigenvalue weighted by Crippen LogP contribution is 2.32. The molecule has 158 valence electrons. The summed E-state index contributed by atoms with van der Waals surface area (Å²) < 4.78 is 24.3. The van der Waals surface area contributed by atoms with Crippen LogP contribution in [0.2, 0.25) is 0 Å². The number of ether oxygens (including phenoxy) is 2. The zero-order chi connectivity index (χ0) is 20.8. The standard InChI is InChI=1S/C23H31FN2O3/c1-17-22(28-2)9-6-19(23(17)29-3)15-25-11-12-26(21(16-25)10-13-27)14-18-4-7-20(24)8-5-18/h4-9,21,27H,10-16H2,1-3H3/t21-/m0/s1. The van der Waals surface area contributed by atoms with Crippen LogP contribution < -0.4 is 9.47 Å². The summed E-state index contributed by atoms with van der Waals surface area (Å²) in [5.41, 5.74) is 3.24. The van der Waals surface area contributed by atoms with E-state index in [9.17, 15) is 9.50 Å². The van der Waals surface area contributed by atoms with E-state index in [0.717, 1.165) is 67.3 Å². The topological polar surface area (TPSA) is 45.2 Å². The highest BCUT2D eigenvalue weighted by atomic mass is 19.1. The van der Waals surface area contributed by atoms with Gasteiger partial charge in [0.05, 0.1) is 14.2 Å². The summed E-state index contributed by atoms with van der Waals surface area (Å²) in [5.74, 6) is 1.49. The van der Waals surface area contributed by atoms with Gasteiger partial charge in [-0.1, -0.05) is 18.2 Å². The highest BCUT2D eigenvalue weighted by molar-refractivity contribution is 5.49. The molecule has 0 spiro atoms. The van der Waals surface area contributed by atoms with Crippen molar-refractivity contribution in [3.63, 3.8) is 0 Å². The predicted octanol–water partition coefficient (Wildman–Crippen LogP) is 3.22. The van der Waals surface area contributed by atoms with Gasteiger partial charge >= 0.3 is 0 Å². The molecule has 3 rings (SSSR count). The summed E-state index contributed by atoms with van der Waals surface area (Å²) in [7, 11) is 3.36. The lowest BCUT2D eigenvalue weighted by atomic mass is 10.0. The molecule has 0 aliphatic carbocycles. The van der Waals surface area contributed by atoms with E-state index >= 15 is 0 Å². The molecule has 2 aromatic rings. The Balaban J connectivity index is 1.69. The SMILES string of the molecule is COc1ccc(CN2CCN(Cc3ccc(F)cc3)[C@@H](CCO)C2)c(OC)c1C. The van der Waals surface area contributed by atoms with E-state index in [4.69, 9.17) is 9.47 Å². The van der Waals surface area contributed by atoms with E-state index in [1.807, 2.05) is 25.1 Å². The molecule has 1 heterocycles. The first-order valence-corrected chi connectivity index (χ1v) is 10.1. The molecular formula is C23H31FN2O3. The number of aliphatic hydroxyl groups excluding tert-OH is 1. The third kappa shape index (κ3) is 5.26. The minimum Gasteiger partial charge on any atom is -0.496 e. The summed E-state index contributed by atoms with van der Waals surface area (Å²) >= 11 is 0. The molecule has 5 nitrogen and oxygen atoms in total. The lowest BCUT2D eigenvalue weighted by Crippen LogP contribution is -2.52. The molecule has 1 fully saturated rings. The van der Waals surface area contributed by atoms with Crippen molar-refractivity contribution in [2.45, 2.75) is 32.5 Å². The maximum Gasteiger partial charge on any atom is 0.129 e. The molecule has 1 aliphatic rings. The van der Waals surface area contributed by atoms with E-state index < -0.39 is 0 Å². The first-order chi connectivity index (χ1) is 14.0. The molecular weight excluding hydrogens is 371 g/mol. The predicted molar refractivity (Wildman–Crippen MR) is 112 cm³/mol. The van der Waals surface area contributed by atoms with Crippen LogP contribution >= 0.6 is 0 Å². The van der Waals surface area contributed by atoms with Crippen LogP contribution in [0.1, 0.15) is 23.1 Å². The molecule has 0 amide bonds. The second kappa shape index (κ2) is 10.1. The molecule has 1 N–H and O–H groups in total. The Morgan fingerprint density at radius 1 is 1.03 bits per heavy atom. The van der Waals surface area contributed by atoms with Crippen molar-refractivity contribution in [1.82, 2.24) is 9.80 Å². The van der Waals surface area contributed by atoms with Gasteiger partial charge in [-0.05, 0) is 37.1 Å². The summed E-state index contributed by atoms with van der Waals surface area (Å²) in [4.78, 5) is 4.79. The van der Waals surface area contributed by atoms with Gasteiger partial charge in [0, 0.05) is 56.5 Å². The minimum atomic E-state index is -0.214. The maximum atomic E-state index is 13.2. The van der Waals surface area contributed by atoms with Gasteiger partial charge in [-0.3, -0.25) is 9.80 Å². The Kier molecular flexibility index (Phi) is 7.47. The molecule has 1 atom stereocenters. The fraction of sp³-hybridized carbons (Fsp3) is 0.478. The first-order valence-electron chi connectivity index (χ1n) is 10.1. The van der Waals surface area contributed by atoms with Crippen molar-refractivity contribution in [2.75, 3.05) is 40.5 Å². The number of methoxy groups -OCH3 is 2. The molecule has 2 aromatic carbocycles. The monoisotopic (exact) mass is 402 g/mol. The van der Waals surface area contributed by atoms with Crippen molar-refractivity contribution in [3.8, 4) is 11.5 Å². The lowest BCUT2D eigenvalue weighted by Gasteiger charge is -2.41. The fourth-order valence-electron chi connectivity index (χ4n) is 4.16. The van der Waals surface area contributed by atoms with Crippen molar-refractivity contribution in [1.29, 1.82) is 0 Å².